The zero-order chi connectivity index (χ0) is 16.1. The zero-order valence-electron chi connectivity index (χ0n) is 13.9. The molecule has 23 heavy (non-hydrogen) atoms. The summed E-state index contributed by atoms with van der Waals surface area (Å²) < 4.78 is 5.24. The van der Waals surface area contributed by atoms with Crippen molar-refractivity contribution in [2.24, 2.45) is 0 Å². The number of rotatable bonds is 5. The van der Waals surface area contributed by atoms with E-state index >= 15 is 0 Å². The Hall–Kier alpha value is -1.98. The highest BCUT2D eigenvalue weighted by molar-refractivity contribution is 5.23. The van der Waals surface area contributed by atoms with Crippen molar-refractivity contribution in [3.05, 3.63) is 53.6 Å². The topological polar surface area (TPSA) is 41.5 Å². The lowest BCUT2D eigenvalue weighted by atomic mass is 10.2. The molecule has 0 spiro atoms. The smallest absolute Gasteiger partial charge is 0.137 e. The van der Waals surface area contributed by atoms with Crippen LogP contribution in [0.5, 0.6) is 5.75 Å². The molecule has 1 fully saturated rings. The first-order valence-electron chi connectivity index (χ1n) is 8.08. The van der Waals surface area contributed by atoms with Crippen LogP contribution in [0.1, 0.15) is 16.8 Å². The van der Waals surface area contributed by atoms with Crippen molar-refractivity contribution in [1.82, 2.24) is 19.8 Å². The van der Waals surface area contributed by atoms with Crippen LogP contribution in [-0.4, -0.2) is 53.1 Å². The van der Waals surface area contributed by atoms with Crippen LogP contribution in [0, 0.1) is 6.92 Å². The predicted octanol–water partition coefficient (Wildman–Crippen LogP) is 2.11. The van der Waals surface area contributed by atoms with E-state index in [4.69, 9.17) is 4.74 Å². The molecule has 5 nitrogen and oxygen atoms in total. The van der Waals surface area contributed by atoms with Gasteiger partial charge in [-0.2, -0.15) is 0 Å². The van der Waals surface area contributed by atoms with E-state index in [1.54, 1.807) is 13.3 Å². The van der Waals surface area contributed by atoms with E-state index in [0.717, 1.165) is 45.0 Å². The first kappa shape index (κ1) is 15.9. The van der Waals surface area contributed by atoms with E-state index in [1.807, 2.05) is 18.5 Å². The van der Waals surface area contributed by atoms with Crippen molar-refractivity contribution in [3.8, 4) is 5.75 Å². The van der Waals surface area contributed by atoms with E-state index in [1.165, 1.54) is 16.8 Å². The molecule has 0 amide bonds. The Morgan fingerprint density at radius 2 is 1.83 bits per heavy atom. The molecule has 2 aromatic rings. The molecule has 0 atom stereocenters. The Morgan fingerprint density at radius 1 is 1.09 bits per heavy atom. The van der Waals surface area contributed by atoms with Gasteiger partial charge in [0, 0.05) is 51.7 Å². The summed E-state index contributed by atoms with van der Waals surface area (Å²) in [6.45, 7) is 8.31. The molecule has 3 rings (SSSR count). The Bertz CT molecular complexity index is 638. The average molecular weight is 312 g/mol. The van der Waals surface area contributed by atoms with Gasteiger partial charge < -0.3 is 4.74 Å². The Balaban J connectivity index is 1.51. The lowest BCUT2D eigenvalue weighted by Gasteiger charge is -2.34. The first-order chi connectivity index (χ1) is 11.2. The van der Waals surface area contributed by atoms with E-state index in [2.05, 4.69) is 38.8 Å². The second-order valence-corrected chi connectivity index (χ2v) is 6.05. The van der Waals surface area contributed by atoms with Gasteiger partial charge in [0.15, 0.2) is 0 Å². The highest BCUT2D eigenvalue weighted by Crippen LogP contribution is 2.15. The average Bonchev–Trinajstić information content (AvgIpc) is 2.59. The molecule has 0 N–H and O–H groups in total. The zero-order valence-corrected chi connectivity index (χ0v) is 13.9. The molecule has 0 bridgehead atoms. The van der Waals surface area contributed by atoms with Crippen molar-refractivity contribution in [2.45, 2.75) is 20.0 Å². The van der Waals surface area contributed by atoms with Crippen LogP contribution in [0.3, 0.4) is 0 Å². The van der Waals surface area contributed by atoms with Gasteiger partial charge in [-0.15, -0.1) is 0 Å². The lowest BCUT2D eigenvalue weighted by molar-refractivity contribution is 0.120. The van der Waals surface area contributed by atoms with Crippen molar-refractivity contribution < 1.29 is 4.74 Å². The third-order valence-electron chi connectivity index (χ3n) is 4.37. The highest BCUT2D eigenvalue weighted by atomic mass is 16.5. The molecule has 0 unspecified atom stereocenters. The molecule has 5 heteroatoms. The number of aromatic nitrogens is 2. The van der Waals surface area contributed by atoms with E-state index in [0.29, 0.717) is 0 Å². The molecule has 3 heterocycles. The van der Waals surface area contributed by atoms with Gasteiger partial charge in [0.2, 0.25) is 0 Å². The van der Waals surface area contributed by atoms with Crippen molar-refractivity contribution in [1.29, 1.82) is 0 Å². The third kappa shape index (κ3) is 4.27. The Kier molecular flexibility index (Phi) is 5.20. The summed E-state index contributed by atoms with van der Waals surface area (Å²) in [5, 5.41) is 0. The maximum atomic E-state index is 5.24. The van der Waals surface area contributed by atoms with Gasteiger partial charge in [0.05, 0.1) is 19.0 Å². The third-order valence-corrected chi connectivity index (χ3v) is 4.37. The van der Waals surface area contributed by atoms with Gasteiger partial charge >= 0.3 is 0 Å². The van der Waals surface area contributed by atoms with Crippen LogP contribution < -0.4 is 4.74 Å². The summed E-state index contributed by atoms with van der Waals surface area (Å²) in [6.07, 6.45) is 5.55. The molecule has 0 aromatic carbocycles. The summed E-state index contributed by atoms with van der Waals surface area (Å²) in [7, 11) is 1.68. The number of methoxy groups -OCH3 is 1. The van der Waals surface area contributed by atoms with Gasteiger partial charge in [-0.1, -0.05) is 6.07 Å². The summed E-state index contributed by atoms with van der Waals surface area (Å²) in [5.41, 5.74) is 3.67. The van der Waals surface area contributed by atoms with Crippen molar-refractivity contribution in [3.63, 3.8) is 0 Å². The molecule has 2 aromatic heterocycles. The molecule has 1 saturated heterocycles. The van der Waals surface area contributed by atoms with E-state index < -0.39 is 0 Å². The monoisotopic (exact) mass is 312 g/mol. The van der Waals surface area contributed by atoms with Crippen LogP contribution in [-0.2, 0) is 13.1 Å². The van der Waals surface area contributed by atoms with Crippen LogP contribution in [0.25, 0.3) is 0 Å². The predicted molar refractivity (Wildman–Crippen MR) is 90.3 cm³/mol. The van der Waals surface area contributed by atoms with Crippen LogP contribution in [0.2, 0.25) is 0 Å². The number of nitrogens with zero attached hydrogens (tertiary/aromatic N) is 4. The number of hydrogen-bond donors (Lipinski definition) is 0. The van der Waals surface area contributed by atoms with Gasteiger partial charge in [0.1, 0.15) is 5.75 Å². The summed E-state index contributed by atoms with van der Waals surface area (Å²) in [4.78, 5) is 13.7. The quantitative estimate of drug-likeness (QED) is 0.846. The minimum Gasteiger partial charge on any atom is -0.495 e. The van der Waals surface area contributed by atoms with Crippen LogP contribution >= 0.6 is 0 Å². The summed E-state index contributed by atoms with van der Waals surface area (Å²) >= 11 is 0. The maximum Gasteiger partial charge on any atom is 0.137 e. The van der Waals surface area contributed by atoms with Gasteiger partial charge in [-0.25, -0.2) is 0 Å². The molecular weight excluding hydrogens is 288 g/mol. The minimum absolute atomic E-state index is 0.826. The maximum absolute atomic E-state index is 5.24. The number of pyridine rings is 2. The van der Waals surface area contributed by atoms with Gasteiger partial charge in [0.25, 0.3) is 0 Å². The largest absolute Gasteiger partial charge is 0.495 e. The van der Waals surface area contributed by atoms with Crippen molar-refractivity contribution in [2.75, 3.05) is 33.3 Å². The van der Waals surface area contributed by atoms with Crippen LogP contribution in [0.4, 0.5) is 0 Å². The molecular formula is C18H24N4O. The SMILES string of the molecule is COc1cncc(CN2CCN(Cc3ncccc3C)CC2)c1. The second kappa shape index (κ2) is 7.53. The van der Waals surface area contributed by atoms with Crippen molar-refractivity contribution >= 4 is 0 Å². The molecule has 1 aliphatic rings. The fraction of sp³-hybridized carbons (Fsp3) is 0.444. The Labute approximate surface area is 137 Å². The number of piperazine rings is 1. The number of hydrogen-bond acceptors (Lipinski definition) is 5. The molecule has 122 valence electrons. The highest BCUT2D eigenvalue weighted by Gasteiger charge is 2.18. The van der Waals surface area contributed by atoms with Gasteiger partial charge in [-0.3, -0.25) is 19.8 Å². The number of aryl methyl sites for hydroxylation is 1. The molecule has 0 saturated carbocycles. The molecule has 0 radical (unpaired) electrons. The fourth-order valence-corrected chi connectivity index (χ4v) is 2.92. The Morgan fingerprint density at radius 3 is 2.52 bits per heavy atom. The summed E-state index contributed by atoms with van der Waals surface area (Å²) in [5.74, 6) is 0.826. The second-order valence-electron chi connectivity index (χ2n) is 6.05. The van der Waals surface area contributed by atoms with Gasteiger partial charge in [-0.05, 0) is 30.2 Å². The van der Waals surface area contributed by atoms with Crippen LogP contribution in [0.15, 0.2) is 36.8 Å². The molecule has 1 aliphatic heterocycles. The lowest BCUT2D eigenvalue weighted by Crippen LogP contribution is -2.45. The minimum atomic E-state index is 0.826. The number of ether oxygens (including phenoxy) is 1. The molecule has 0 aliphatic carbocycles. The normalized spacial score (nSPS) is 16.4. The standard InChI is InChI=1S/C18H24N4O/c1-15-4-3-5-20-18(15)14-22-8-6-21(7-9-22)13-16-10-17(23-2)12-19-11-16/h3-5,10-12H,6-9,13-14H2,1-2H3. The fourth-order valence-electron chi connectivity index (χ4n) is 2.92. The first-order valence-corrected chi connectivity index (χ1v) is 8.08. The van der Waals surface area contributed by atoms with E-state index in [-0.39, 0.29) is 0 Å². The van der Waals surface area contributed by atoms with E-state index in [9.17, 15) is 0 Å². The summed E-state index contributed by atoms with van der Waals surface area (Å²) in [6, 6.07) is 6.20.